The van der Waals surface area contributed by atoms with Crippen LogP contribution in [0.5, 0.6) is 11.5 Å². The molecule has 0 aromatic carbocycles. The van der Waals surface area contributed by atoms with E-state index in [9.17, 15) is 5.11 Å². The first-order chi connectivity index (χ1) is 8.16. The van der Waals surface area contributed by atoms with Crippen LogP contribution in [0.2, 0.25) is 0 Å². The molecule has 1 N–H and O–H groups in total. The van der Waals surface area contributed by atoms with Crippen LogP contribution in [0.1, 0.15) is 24.4 Å². The maximum atomic E-state index is 9.34. The Kier molecular flexibility index (Phi) is 3.35. The molecule has 0 aliphatic carbocycles. The molecule has 0 aliphatic rings. The molecule has 2 aromatic heterocycles. The van der Waals surface area contributed by atoms with Crippen LogP contribution >= 0.6 is 0 Å². The van der Waals surface area contributed by atoms with Crippen molar-refractivity contribution in [1.82, 2.24) is 9.97 Å². The molecular formula is C13H14N2O2. The predicted molar refractivity (Wildman–Crippen MR) is 63.9 cm³/mol. The number of aliphatic hydroxyl groups excluding tert-OH is 1. The van der Waals surface area contributed by atoms with Crippen molar-refractivity contribution in [3.05, 3.63) is 48.0 Å². The van der Waals surface area contributed by atoms with Crippen LogP contribution in [0, 0.1) is 6.92 Å². The highest BCUT2D eigenvalue weighted by Gasteiger charge is 2.04. The van der Waals surface area contributed by atoms with Crippen LogP contribution in [0.3, 0.4) is 0 Å². The summed E-state index contributed by atoms with van der Waals surface area (Å²) in [4.78, 5) is 8.24. The summed E-state index contributed by atoms with van der Waals surface area (Å²) in [7, 11) is 0. The summed E-state index contributed by atoms with van der Waals surface area (Å²) < 4.78 is 5.64. The molecule has 17 heavy (non-hydrogen) atoms. The Bertz CT molecular complexity index is 495. The van der Waals surface area contributed by atoms with Crippen LogP contribution in [0.4, 0.5) is 0 Å². The fourth-order valence-corrected chi connectivity index (χ4v) is 1.40. The number of hydrogen-bond donors (Lipinski definition) is 1. The Morgan fingerprint density at radius 3 is 2.65 bits per heavy atom. The SMILES string of the molecule is Cc1ncccc1Oc1ccc([C@H](C)O)nc1. The van der Waals surface area contributed by atoms with Gasteiger partial charge in [0.1, 0.15) is 11.5 Å². The van der Waals surface area contributed by atoms with Gasteiger partial charge >= 0.3 is 0 Å². The standard InChI is InChI=1S/C13H14N2O2/c1-9-13(4-3-7-14-9)17-11-5-6-12(10(2)16)15-8-11/h3-8,10,16H,1-2H3/t10-/m0/s1. The van der Waals surface area contributed by atoms with E-state index in [0.29, 0.717) is 17.2 Å². The average molecular weight is 230 g/mol. The molecule has 0 fully saturated rings. The number of hydrogen-bond acceptors (Lipinski definition) is 4. The normalized spacial score (nSPS) is 12.2. The van der Waals surface area contributed by atoms with Gasteiger partial charge in [-0.25, -0.2) is 0 Å². The topological polar surface area (TPSA) is 55.2 Å². The van der Waals surface area contributed by atoms with Gasteiger partial charge in [0.05, 0.1) is 23.7 Å². The molecule has 88 valence electrons. The predicted octanol–water partition coefficient (Wildman–Crippen LogP) is 2.63. The molecule has 0 saturated heterocycles. The van der Waals surface area contributed by atoms with E-state index < -0.39 is 6.10 Å². The van der Waals surface area contributed by atoms with Gasteiger partial charge in [0, 0.05) is 6.20 Å². The quantitative estimate of drug-likeness (QED) is 0.880. The Labute approximate surface area is 99.9 Å². The fourth-order valence-electron chi connectivity index (χ4n) is 1.40. The highest BCUT2D eigenvalue weighted by molar-refractivity contribution is 5.32. The monoisotopic (exact) mass is 230 g/mol. The van der Waals surface area contributed by atoms with Gasteiger partial charge in [-0.3, -0.25) is 9.97 Å². The molecule has 2 rings (SSSR count). The molecule has 0 spiro atoms. The van der Waals surface area contributed by atoms with Crippen LogP contribution in [-0.2, 0) is 0 Å². The number of rotatable bonds is 3. The molecule has 0 saturated carbocycles. The molecule has 4 heteroatoms. The first-order valence-corrected chi connectivity index (χ1v) is 5.40. The summed E-state index contributed by atoms with van der Waals surface area (Å²) in [5.41, 5.74) is 1.45. The van der Waals surface area contributed by atoms with Crippen molar-refractivity contribution in [2.75, 3.05) is 0 Å². The van der Waals surface area contributed by atoms with Crippen LogP contribution in [-0.4, -0.2) is 15.1 Å². The molecule has 0 unspecified atom stereocenters. The Hall–Kier alpha value is -1.94. The molecule has 2 heterocycles. The zero-order valence-corrected chi connectivity index (χ0v) is 9.79. The van der Waals surface area contributed by atoms with Gasteiger partial charge < -0.3 is 9.84 Å². The molecule has 0 radical (unpaired) electrons. The molecule has 4 nitrogen and oxygen atoms in total. The molecule has 2 aromatic rings. The van der Waals surface area contributed by atoms with Crippen molar-refractivity contribution in [3.63, 3.8) is 0 Å². The minimum Gasteiger partial charge on any atom is -0.454 e. The first-order valence-electron chi connectivity index (χ1n) is 5.40. The Morgan fingerprint density at radius 1 is 1.24 bits per heavy atom. The maximum absolute atomic E-state index is 9.34. The van der Waals surface area contributed by atoms with Crippen molar-refractivity contribution in [2.45, 2.75) is 20.0 Å². The van der Waals surface area contributed by atoms with Gasteiger partial charge in [-0.15, -0.1) is 0 Å². The first kappa shape index (κ1) is 11.5. The summed E-state index contributed by atoms with van der Waals surface area (Å²) in [6.45, 7) is 3.56. The molecule has 0 amide bonds. The number of ether oxygens (including phenoxy) is 1. The summed E-state index contributed by atoms with van der Waals surface area (Å²) in [5.74, 6) is 1.34. The van der Waals surface area contributed by atoms with Gasteiger partial charge in [0.15, 0.2) is 0 Å². The Balaban J connectivity index is 2.17. The maximum Gasteiger partial charge on any atom is 0.148 e. The minimum atomic E-state index is -0.566. The molecule has 0 bridgehead atoms. The lowest BCUT2D eigenvalue weighted by atomic mass is 10.2. The summed E-state index contributed by atoms with van der Waals surface area (Å²) >= 11 is 0. The zero-order valence-electron chi connectivity index (χ0n) is 9.79. The van der Waals surface area contributed by atoms with E-state index in [0.717, 1.165) is 5.69 Å². The third-order valence-electron chi connectivity index (χ3n) is 2.37. The van der Waals surface area contributed by atoms with Crippen LogP contribution < -0.4 is 4.74 Å². The van der Waals surface area contributed by atoms with E-state index in [1.807, 2.05) is 19.1 Å². The second kappa shape index (κ2) is 4.93. The largest absolute Gasteiger partial charge is 0.454 e. The van der Waals surface area contributed by atoms with Crippen molar-refractivity contribution in [3.8, 4) is 11.5 Å². The summed E-state index contributed by atoms with van der Waals surface area (Å²) in [6.07, 6.45) is 2.75. The van der Waals surface area contributed by atoms with Crippen LogP contribution in [0.25, 0.3) is 0 Å². The lowest BCUT2D eigenvalue weighted by Gasteiger charge is -2.08. The highest BCUT2D eigenvalue weighted by Crippen LogP contribution is 2.23. The van der Waals surface area contributed by atoms with E-state index in [2.05, 4.69) is 9.97 Å². The Morgan fingerprint density at radius 2 is 2.06 bits per heavy atom. The summed E-state index contributed by atoms with van der Waals surface area (Å²) in [5, 5.41) is 9.34. The molecular weight excluding hydrogens is 216 g/mol. The van der Waals surface area contributed by atoms with Gasteiger partial charge in [-0.1, -0.05) is 0 Å². The average Bonchev–Trinajstić information content (AvgIpc) is 2.33. The lowest BCUT2D eigenvalue weighted by molar-refractivity contribution is 0.194. The van der Waals surface area contributed by atoms with Crippen molar-refractivity contribution in [1.29, 1.82) is 0 Å². The fraction of sp³-hybridized carbons (Fsp3) is 0.231. The van der Waals surface area contributed by atoms with E-state index in [4.69, 9.17) is 4.74 Å². The number of aliphatic hydroxyl groups is 1. The smallest absolute Gasteiger partial charge is 0.148 e. The van der Waals surface area contributed by atoms with Gasteiger partial charge in [0.2, 0.25) is 0 Å². The lowest BCUT2D eigenvalue weighted by Crippen LogP contribution is -1.95. The van der Waals surface area contributed by atoms with Crippen LogP contribution in [0.15, 0.2) is 36.7 Å². The zero-order chi connectivity index (χ0) is 12.3. The molecule has 0 aliphatic heterocycles. The van der Waals surface area contributed by atoms with E-state index >= 15 is 0 Å². The second-order valence-corrected chi connectivity index (χ2v) is 3.78. The van der Waals surface area contributed by atoms with E-state index in [1.54, 1.807) is 31.5 Å². The van der Waals surface area contributed by atoms with Gasteiger partial charge in [0.25, 0.3) is 0 Å². The number of nitrogens with zero attached hydrogens (tertiary/aromatic N) is 2. The minimum absolute atomic E-state index is 0.566. The number of pyridine rings is 2. The van der Waals surface area contributed by atoms with E-state index in [1.165, 1.54) is 0 Å². The van der Waals surface area contributed by atoms with Crippen molar-refractivity contribution >= 4 is 0 Å². The number of aromatic nitrogens is 2. The summed E-state index contributed by atoms with van der Waals surface area (Å²) in [6, 6.07) is 7.19. The second-order valence-electron chi connectivity index (χ2n) is 3.78. The third-order valence-corrected chi connectivity index (χ3v) is 2.37. The number of aryl methyl sites for hydroxylation is 1. The third kappa shape index (κ3) is 2.79. The van der Waals surface area contributed by atoms with E-state index in [-0.39, 0.29) is 0 Å². The molecule has 1 atom stereocenters. The van der Waals surface area contributed by atoms with Crippen molar-refractivity contribution in [2.24, 2.45) is 0 Å². The van der Waals surface area contributed by atoms with Crippen molar-refractivity contribution < 1.29 is 9.84 Å². The highest BCUT2D eigenvalue weighted by atomic mass is 16.5. The van der Waals surface area contributed by atoms with Gasteiger partial charge in [-0.05, 0) is 38.1 Å². The van der Waals surface area contributed by atoms with Gasteiger partial charge in [-0.2, -0.15) is 0 Å².